The van der Waals surface area contributed by atoms with E-state index < -0.39 is 10.7 Å². The second-order valence-electron chi connectivity index (χ2n) is 5.41. The van der Waals surface area contributed by atoms with Crippen molar-refractivity contribution in [3.63, 3.8) is 0 Å². The summed E-state index contributed by atoms with van der Waals surface area (Å²) in [5, 5.41) is 33.5. The average molecular weight is 489 g/mol. The van der Waals surface area contributed by atoms with Gasteiger partial charge in [0, 0.05) is 18.3 Å². The summed E-state index contributed by atoms with van der Waals surface area (Å²) in [6.07, 6.45) is 5.78. The van der Waals surface area contributed by atoms with Gasteiger partial charge in [0.2, 0.25) is 0 Å². The molecule has 2 aromatic rings. The van der Waals surface area contributed by atoms with Crippen molar-refractivity contribution in [3.8, 4) is 11.5 Å². The first-order valence-corrected chi connectivity index (χ1v) is 8.75. The second-order valence-corrected chi connectivity index (χ2v) is 5.41. The molecule has 0 aromatic heterocycles. The number of benzene rings is 2. The van der Waals surface area contributed by atoms with Gasteiger partial charge in [-0.25, -0.2) is 0 Å². The van der Waals surface area contributed by atoms with Crippen molar-refractivity contribution in [1.29, 1.82) is 0 Å². The van der Waals surface area contributed by atoms with E-state index in [4.69, 9.17) is 0 Å². The number of aliphatic imine (C=N–C) groups is 1. The average Bonchev–Trinajstić information content (AvgIpc) is 2.68. The first kappa shape index (κ1) is 28.1. The molecule has 0 saturated carbocycles. The molecular weight excluding hydrogens is 463 g/mol. The number of nitro groups is 1. The second kappa shape index (κ2) is 17.0. The maximum Gasteiger partial charge on any atom is 2.00 e. The first-order chi connectivity index (χ1) is 12.9. The number of unbranched alkanes of at least 4 members (excludes halogenated alkanes) is 2. The summed E-state index contributed by atoms with van der Waals surface area (Å²) >= 11 is 0. The van der Waals surface area contributed by atoms with E-state index in [9.17, 15) is 20.3 Å². The van der Waals surface area contributed by atoms with E-state index in [0.717, 1.165) is 31.0 Å². The molecule has 0 spiro atoms. The van der Waals surface area contributed by atoms with Crippen LogP contribution in [0.5, 0.6) is 11.5 Å². The summed E-state index contributed by atoms with van der Waals surface area (Å²) in [7, 11) is 0. The Morgan fingerprint density at radius 1 is 1.00 bits per heavy atom. The minimum absolute atomic E-state index is 0. The number of para-hydroxylation sites is 1. The van der Waals surface area contributed by atoms with Crippen LogP contribution in [0.4, 0.5) is 11.4 Å². The van der Waals surface area contributed by atoms with Crippen LogP contribution in [0.1, 0.15) is 45.1 Å². The van der Waals surface area contributed by atoms with Crippen molar-refractivity contribution >= 4 is 41.5 Å². The first-order valence-electron chi connectivity index (χ1n) is 8.75. The van der Waals surface area contributed by atoms with Crippen molar-refractivity contribution < 1.29 is 15.1 Å². The van der Waals surface area contributed by atoms with Crippen LogP contribution in [0, 0.1) is 24.0 Å². The topological polar surface area (TPSA) is 102 Å². The third kappa shape index (κ3) is 11.6. The zero-order valence-electron chi connectivity index (χ0n) is 16.4. The molecule has 2 aromatic carbocycles. The predicted molar refractivity (Wildman–Crippen MR) is 112 cm³/mol. The molecule has 0 N–H and O–H groups in total. The van der Waals surface area contributed by atoms with Gasteiger partial charge in [0.15, 0.2) is 0 Å². The van der Waals surface area contributed by atoms with Gasteiger partial charge < -0.3 is 10.2 Å². The summed E-state index contributed by atoms with van der Waals surface area (Å²) in [6, 6.07) is 9.43. The van der Waals surface area contributed by atoms with E-state index in [2.05, 4.69) is 32.7 Å². The zero-order chi connectivity index (χ0) is 20.7. The molecule has 0 bridgehead atoms. The van der Waals surface area contributed by atoms with Crippen LogP contribution < -0.4 is 10.2 Å². The van der Waals surface area contributed by atoms with Gasteiger partial charge in [0.05, 0.1) is 10.6 Å². The summed E-state index contributed by atoms with van der Waals surface area (Å²) in [5.41, 5.74) is 0.0213. The van der Waals surface area contributed by atoms with Crippen molar-refractivity contribution in [2.75, 3.05) is 0 Å². The van der Waals surface area contributed by atoms with Gasteiger partial charge in [-0.15, -0.1) is 5.75 Å². The molecular formula is C21H26N2O4Sn. The van der Waals surface area contributed by atoms with Gasteiger partial charge in [-0.1, -0.05) is 89.5 Å². The molecule has 0 amide bonds. The van der Waals surface area contributed by atoms with Crippen LogP contribution in [0.15, 0.2) is 47.5 Å². The van der Waals surface area contributed by atoms with Crippen molar-refractivity contribution in [2.45, 2.75) is 39.5 Å². The molecule has 4 radical (unpaired) electrons. The number of hydrogen-bond donors (Lipinski definition) is 0. The fraction of sp³-hybridized carbons (Fsp3) is 0.286. The quantitative estimate of drug-likeness (QED) is 0.270. The molecule has 148 valence electrons. The van der Waals surface area contributed by atoms with Crippen molar-refractivity contribution in [3.05, 3.63) is 72.0 Å². The number of hydrogen-bond acceptors (Lipinski definition) is 5. The molecule has 6 nitrogen and oxygen atoms in total. The number of nitrogens with zero attached hydrogens (tertiary/aromatic N) is 2. The Labute approximate surface area is 184 Å². The van der Waals surface area contributed by atoms with Gasteiger partial charge in [0.25, 0.3) is 5.69 Å². The van der Waals surface area contributed by atoms with Crippen LogP contribution in [0.2, 0.25) is 0 Å². The third-order valence-electron chi connectivity index (χ3n) is 3.12. The Hall–Kier alpha value is -2.09. The Balaban J connectivity index is 0. The summed E-state index contributed by atoms with van der Waals surface area (Å²) in [5.74, 6) is -0.672. The third-order valence-corrected chi connectivity index (χ3v) is 3.12. The Kier molecular flexibility index (Phi) is 17.1. The van der Waals surface area contributed by atoms with E-state index in [-0.39, 0.29) is 41.0 Å². The van der Waals surface area contributed by atoms with Gasteiger partial charge in [-0.3, -0.25) is 15.1 Å². The molecule has 0 fully saturated rings. The van der Waals surface area contributed by atoms with Crippen LogP contribution in [0.25, 0.3) is 0 Å². The normalized spacial score (nSPS) is 9.43. The van der Waals surface area contributed by atoms with Crippen LogP contribution in [0.3, 0.4) is 0 Å². The van der Waals surface area contributed by atoms with Gasteiger partial charge in [0.1, 0.15) is 0 Å². The minimum atomic E-state index is -0.611. The molecule has 0 aliphatic carbocycles. The van der Waals surface area contributed by atoms with E-state index in [1.54, 1.807) is 18.2 Å². The standard InChI is InChI=1S/C13H10N2O4.2C4H9.Sn/c16-12-4-2-1-3-9(12)8-14-11-7-10(15(18)19)5-6-13(11)17;2*1-3-4-2;/h1-8,16-17H;2*1,3-4H2,2H3;/q;;;+2/p-2. The van der Waals surface area contributed by atoms with E-state index in [0.29, 0.717) is 5.56 Å². The number of rotatable bonds is 5. The summed E-state index contributed by atoms with van der Waals surface area (Å²) in [6.45, 7) is 11.4. The number of non-ortho nitro benzene ring substituents is 1. The van der Waals surface area contributed by atoms with E-state index in [1.807, 2.05) is 0 Å². The minimum Gasteiger partial charge on any atom is -0.872 e. The Morgan fingerprint density at radius 2 is 1.54 bits per heavy atom. The fourth-order valence-electron chi connectivity index (χ4n) is 1.45. The maximum atomic E-state index is 11.5. The fourth-order valence-corrected chi connectivity index (χ4v) is 1.45. The molecule has 0 heterocycles. The molecule has 7 heteroatoms. The largest absolute Gasteiger partial charge is 2.00 e. The van der Waals surface area contributed by atoms with Crippen LogP contribution in [-0.2, 0) is 0 Å². The SMILES string of the molecule is O=[N+]([O-])c1ccc([O-])c(N=Cc2ccccc2[O-])c1.[CH2]CCC.[CH2]CCC.[Sn+2]. The smallest absolute Gasteiger partial charge is 0.872 e. The van der Waals surface area contributed by atoms with E-state index >= 15 is 0 Å². The molecule has 0 saturated heterocycles. The molecule has 0 atom stereocenters. The van der Waals surface area contributed by atoms with E-state index in [1.165, 1.54) is 25.1 Å². The van der Waals surface area contributed by atoms with Crippen molar-refractivity contribution in [1.82, 2.24) is 0 Å². The summed E-state index contributed by atoms with van der Waals surface area (Å²) in [4.78, 5) is 13.8. The van der Waals surface area contributed by atoms with Gasteiger partial charge >= 0.3 is 23.9 Å². The predicted octanol–water partition coefficient (Wildman–Crippen LogP) is 4.35. The Morgan fingerprint density at radius 3 is 2.00 bits per heavy atom. The van der Waals surface area contributed by atoms with Crippen LogP contribution in [-0.4, -0.2) is 35.0 Å². The summed E-state index contributed by atoms with van der Waals surface area (Å²) < 4.78 is 0. The van der Waals surface area contributed by atoms with Crippen LogP contribution >= 0.6 is 0 Å². The molecule has 0 unspecified atom stereocenters. The van der Waals surface area contributed by atoms with Gasteiger partial charge in [-0.2, -0.15) is 0 Å². The number of nitro benzene ring substituents is 1. The maximum absolute atomic E-state index is 11.5. The monoisotopic (exact) mass is 490 g/mol. The molecule has 28 heavy (non-hydrogen) atoms. The van der Waals surface area contributed by atoms with Crippen molar-refractivity contribution in [2.24, 2.45) is 4.99 Å². The van der Waals surface area contributed by atoms with Gasteiger partial charge in [-0.05, 0) is 5.56 Å². The molecule has 0 aliphatic heterocycles. The zero-order valence-corrected chi connectivity index (χ0v) is 19.2. The molecule has 2 rings (SSSR count). The Bertz CT molecular complexity index is 713. The molecule has 0 aliphatic rings.